The minimum atomic E-state index is 0.888. The summed E-state index contributed by atoms with van der Waals surface area (Å²) in [7, 11) is 1.69. The summed E-state index contributed by atoms with van der Waals surface area (Å²) in [4.78, 5) is 2.28. The highest BCUT2D eigenvalue weighted by Crippen LogP contribution is 2.27. The topological polar surface area (TPSA) is 12.5 Å². The van der Waals surface area contributed by atoms with Gasteiger partial charge in [-0.05, 0) is 55.8 Å². The number of benzene rings is 2. The van der Waals surface area contributed by atoms with Crippen molar-refractivity contribution in [1.82, 2.24) is 0 Å². The van der Waals surface area contributed by atoms with Crippen LogP contribution >= 0.6 is 0 Å². The van der Waals surface area contributed by atoms with Crippen LogP contribution in [0.25, 0.3) is 0 Å². The van der Waals surface area contributed by atoms with Gasteiger partial charge >= 0.3 is 0 Å². The smallest absolute Gasteiger partial charge is 0.119 e. The first-order valence-corrected chi connectivity index (χ1v) is 6.23. The summed E-state index contributed by atoms with van der Waals surface area (Å²) < 4.78 is 5.19. The Balaban J connectivity index is 2.32. The fourth-order valence-corrected chi connectivity index (χ4v) is 2.07. The molecule has 0 saturated heterocycles. The van der Waals surface area contributed by atoms with E-state index in [1.807, 2.05) is 12.1 Å². The quantitative estimate of drug-likeness (QED) is 0.797. The van der Waals surface area contributed by atoms with Crippen molar-refractivity contribution in [2.75, 3.05) is 18.6 Å². The Hall–Kier alpha value is -1.96. The van der Waals surface area contributed by atoms with Crippen molar-refractivity contribution in [1.29, 1.82) is 0 Å². The Morgan fingerprint density at radius 1 is 1.00 bits per heavy atom. The van der Waals surface area contributed by atoms with Crippen molar-refractivity contribution in [2.24, 2.45) is 0 Å². The second kappa shape index (κ2) is 5.58. The summed E-state index contributed by atoms with van der Waals surface area (Å²) in [6.45, 7) is 5.22. The molecule has 0 atom stereocenters. The Labute approximate surface area is 109 Å². The zero-order valence-electron chi connectivity index (χ0n) is 11.2. The van der Waals surface area contributed by atoms with Gasteiger partial charge in [0.25, 0.3) is 0 Å². The molecule has 18 heavy (non-hydrogen) atoms. The van der Waals surface area contributed by atoms with Gasteiger partial charge in [0.05, 0.1) is 7.11 Å². The summed E-state index contributed by atoms with van der Waals surface area (Å²) in [6, 6.07) is 16.7. The van der Waals surface area contributed by atoms with Gasteiger partial charge in [-0.15, -0.1) is 0 Å². The molecule has 2 aromatic rings. The summed E-state index contributed by atoms with van der Waals surface area (Å²) in [5, 5.41) is 0. The summed E-state index contributed by atoms with van der Waals surface area (Å²) in [5.41, 5.74) is 3.69. The zero-order chi connectivity index (χ0) is 13.0. The van der Waals surface area contributed by atoms with Crippen LogP contribution in [0.1, 0.15) is 12.5 Å². The van der Waals surface area contributed by atoms with E-state index in [9.17, 15) is 0 Å². The molecule has 0 amide bonds. The highest BCUT2D eigenvalue weighted by atomic mass is 16.5. The van der Waals surface area contributed by atoms with Crippen LogP contribution < -0.4 is 9.64 Å². The van der Waals surface area contributed by atoms with E-state index in [1.165, 1.54) is 16.9 Å². The van der Waals surface area contributed by atoms with Crippen LogP contribution in [-0.2, 0) is 0 Å². The second-order valence-electron chi connectivity index (χ2n) is 4.28. The van der Waals surface area contributed by atoms with Crippen molar-refractivity contribution in [3.63, 3.8) is 0 Å². The molecule has 0 fully saturated rings. The molecule has 0 N–H and O–H groups in total. The molecule has 2 heteroatoms. The van der Waals surface area contributed by atoms with Gasteiger partial charge in [-0.25, -0.2) is 0 Å². The number of anilines is 2. The van der Waals surface area contributed by atoms with Gasteiger partial charge in [-0.3, -0.25) is 0 Å². The van der Waals surface area contributed by atoms with Crippen molar-refractivity contribution >= 4 is 11.4 Å². The number of hydrogen-bond donors (Lipinski definition) is 0. The normalized spacial score (nSPS) is 10.2. The lowest BCUT2D eigenvalue weighted by Crippen LogP contribution is -2.15. The lowest BCUT2D eigenvalue weighted by molar-refractivity contribution is 0.415. The maximum Gasteiger partial charge on any atom is 0.119 e. The Bertz CT molecular complexity index is 505. The predicted octanol–water partition coefficient (Wildman–Crippen LogP) is 4.16. The van der Waals surface area contributed by atoms with E-state index in [-0.39, 0.29) is 0 Å². The van der Waals surface area contributed by atoms with Gasteiger partial charge in [0.1, 0.15) is 5.75 Å². The second-order valence-corrected chi connectivity index (χ2v) is 4.28. The molecule has 94 valence electrons. The van der Waals surface area contributed by atoms with Crippen LogP contribution in [0.15, 0.2) is 48.5 Å². The first-order valence-electron chi connectivity index (χ1n) is 6.23. The van der Waals surface area contributed by atoms with Gasteiger partial charge in [0.15, 0.2) is 0 Å². The van der Waals surface area contributed by atoms with Crippen LogP contribution in [0, 0.1) is 6.92 Å². The highest BCUT2D eigenvalue weighted by molar-refractivity contribution is 5.64. The van der Waals surface area contributed by atoms with Crippen molar-refractivity contribution in [3.8, 4) is 5.75 Å². The number of rotatable bonds is 4. The van der Waals surface area contributed by atoms with Crippen LogP contribution in [0.5, 0.6) is 5.75 Å². The standard InChI is InChI=1S/C16H19NO/c1-4-17(15-7-5-6-13(2)12-15)14-8-10-16(18-3)11-9-14/h5-12H,4H2,1-3H3. The van der Waals surface area contributed by atoms with Gasteiger partial charge in [-0.1, -0.05) is 12.1 Å². The fraction of sp³-hybridized carbons (Fsp3) is 0.250. The fourth-order valence-electron chi connectivity index (χ4n) is 2.07. The number of methoxy groups -OCH3 is 1. The molecule has 0 radical (unpaired) electrons. The molecule has 2 nitrogen and oxygen atoms in total. The molecule has 0 aliphatic carbocycles. The van der Waals surface area contributed by atoms with Crippen LogP contribution in [0.2, 0.25) is 0 Å². The molecular formula is C16H19NO. The molecule has 0 spiro atoms. The van der Waals surface area contributed by atoms with Crippen LogP contribution in [-0.4, -0.2) is 13.7 Å². The number of hydrogen-bond acceptors (Lipinski definition) is 2. The van der Waals surface area contributed by atoms with E-state index in [1.54, 1.807) is 7.11 Å². The van der Waals surface area contributed by atoms with E-state index >= 15 is 0 Å². The molecule has 2 aromatic carbocycles. The summed E-state index contributed by atoms with van der Waals surface area (Å²) in [5.74, 6) is 0.888. The average molecular weight is 241 g/mol. The Morgan fingerprint density at radius 2 is 1.72 bits per heavy atom. The van der Waals surface area contributed by atoms with E-state index in [0.717, 1.165) is 12.3 Å². The van der Waals surface area contributed by atoms with E-state index < -0.39 is 0 Å². The van der Waals surface area contributed by atoms with Crippen LogP contribution in [0.4, 0.5) is 11.4 Å². The molecule has 0 saturated carbocycles. The number of aryl methyl sites for hydroxylation is 1. The Kier molecular flexibility index (Phi) is 3.88. The third kappa shape index (κ3) is 2.65. The van der Waals surface area contributed by atoms with Crippen molar-refractivity contribution < 1.29 is 4.74 Å². The first kappa shape index (κ1) is 12.5. The highest BCUT2D eigenvalue weighted by Gasteiger charge is 2.07. The van der Waals surface area contributed by atoms with Crippen molar-refractivity contribution in [3.05, 3.63) is 54.1 Å². The van der Waals surface area contributed by atoms with Gasteiger partial charge in [-0.2, -0.15) is 0 Å². The molecular weight excluding hydrogens is 222 g/mol. The minimum Gasteiger partial charge on any atom is -0.497 e. The van der Waals surface area contributed by atoms with Crippen molar-refractivity contribution in [2.45, 2.75) is 13.8 Å². The van der Waals surface area contributed by atoms with Crippen LogP contribution in [0.3, 0.4) is 0 Å². The number of ether oxygens (including phenoxy) is 1. The maximum atomic E-state index is 5.19. The predicted molar refractivity (Wildman–Crippen MR) is 76.9 cm³/mol. The average Bonchev–Trinajstić information content (AvgIpc) is 2.40. The SMILES string of the molecule is CCN(c1ccc(OC)cc1)c1cccc(C)c1. The lowest BCUT2D eigenvalue weighted by atomic mass is 10.2. The maximum absolute atomic E-state index is 5.19. The molecule has 2 rings (SSSR count). The monoisotopic (exact) mass is 241 g/mol. The molecule has 0 unspecified atom stereocenters. The van der Waals surface area contributed by atoms with E-state index in [0.29, 0.717) is 0 Å². The van der Waals surface area contributed by atoms with E-state index in [2.05, 4.69) is 55.1 Å². The first-order chi connectivity index (χ1) is 8.74. The molecule has 0 aliphatic rings. The molecule has 0 bridgehead atoms. The number of nitrogens with zero attached hydrogens (tertiary/aromatic N) is 1. The van der Waals surface area contributed by atoms with Gasteiger partial charge in [0, 0.05) is 17.9 Å². The molecule has 0 aromatic heterocycles. The minimum absolute atomic E-state index is 0.888. The molecule has 0 heterocycles. The Morgan fingerprint density at radius 3 is 2.28 bits per heavy atom. The third-order valence-corrected chi connectivity index (χ3v) is 3.01. The summed E-state index contributed by atoms with van der Waals surface area (Å²) in [6.07, 6.45) is 0. The van der Waals surface area contributed by atoms with E-state index in [4.69, 9.17) is 4.74 Å². The molecule has 0 aliphatic heterocycles. The third-order valence-electron chi connectivity index (χ3n) is 3.01. The van der Waals surface area contributed by atoms with Gasteiger partial charge in [0.2, 0.25) is 0 Å². The lowest BCUT2D eigenvalue weighted by Gasteiger charge is -2.23. The largest absolute Gasteiger partial charge is 0.497 e. The summed E-state index contributed by atoms with van der Waals surface area (Å²) >= 11 is 0. The zero-order valence-corrected chi connectivity index (χ0v) is 11.2. The van der Waals surface area contributed by atoms with Gasteiger partial charge < -0.3 is 9.64 Å².